The van der Waals surface area contributed by atoms with Crippen LogP contribution in [0.5, 0.6) is 0 Å². The number of carbonyl (C=O) groups is 1. The fraction of sp³-hybridized carbons (Fsp3) is 0.947. The molecule has 0 aliphatic heterocycles. The Morgan fingerprint density at radius 2 is 1.83 bits per heavy atom. The predicted molar refractivity (Wildman–Crippen MR) is 94.5 cm³/mol. The Labute approximate surface area is 142 Å². The van der Waals surface area contributed by atoms with Crippen molar-refractivity contribution in [2.24, 2.45) is 17.8 Å². The summed E-state index contributed by atoms with van der Waals surface area (Å²) in [6.07, 6.45) is 8.88. The fourth-order valence-corrected chi connectivity index (χ4v) is 4.08. The molecule has 0 bridgehead atoms. The average molecular weight is 325 g/mol. The highest BCUT2D eigenvalue weighted by Crippen LogP contribution is 2.30. The second-order valence-corrected chi connectivity index (χ2v) is 8.73. The van der Waals surface area contributed by atoms with Gasteiger partial charge in [-0.15, -0.1) is 0 Å². The minimum atomic E-state index is -0.423. The number of ether oxygens (including phenoxy) is 1. The van der Waals surface area contributed by atoms with E-state index in [4.69, 9.17) is 4.74 Å². The standard InChI is InChI=1S/C19H36N2O2/c1-14-9-10-15(11-14)12-20-17-8-6-5-7-16(17)13-21-18(22)23-19(2,3)4/h14-17,20H,5-13H2,1-4H3,(H,21,22). The summed E-state index contributed by atoms with van der Waals surface area (Å²) < 4.78 is 5.35. The van der Waals surface area contributed by atoms with Crippen molar-refractivity contribution in [1.29, 1.82) is 0 Å². The van der Waals surface area contributed by atoms with Gasteiger partial charge < -0.3 is 15.4 Å². The van der Waals surface area contributed by atoms with Gasteiger partial charge in [0.1, 0.15) is 5.60 Å². The van der Waals surface area contributed by atoms with Crippen LogP contribution in [0.1, 0.15) is 72.6 Å². The minimum Gasteiger partial charge on any atom is -0.444 e. The van der Waals surface area contributed by atoms with Crippen molar-refractivity contribution in [1.82, 2.24) is 10.6 Å². The first-order valence-corrected chi connectivity index (χ1v) is 9.53. The third-order valence-corrected chi connectivity index (χ3v) is 5.29. The van der Waals surface area contributed by atoms with Crippen LogP contribution in [0.4, 0.5) is 4.79 Å². The van der Waals surface area contributed by atoms with E-state index in [0.29, 0.717) is 12.0 Å². The second kappa shape index (κ2) is 8.36. The van der Waals surface area contributed by atoms with E-state index in [9.17, 15) is 4.79 Å². The molecular weight excluding hydrogens is 288 g/mol. The summed E-state index contributed by atoms with van der Waals surface area (Å²) in [4.78, 5) is 11.9. The van der Waals surface area contributed by atoms with Gasteiger partial charge in [0.25, 0.3) is 0 Å². The van der Waals surface area contributed by atoms with Gasteiger partial charge in [-0.05, 0) is 70.8 Å². The van der Waals surface area contributed by atoms with Crippen LogP contribution in [0.15, 0.2) is 0 Å². The maximum atomic E-state index is 11.9. The number of rotatable bonds is 5. The van der Waals surface area contributed by atoms with Gasteiger partial charge in [-0.2, -0.15) is 0 Å². The van der Waals surface area contributed by atoms with Gasteiger partial charge in [-0.3, -0.25) is 0 Å². The van der Waals surface area contributed by atoms with E-state index in [1.165, 1.54) is 44.9 Å². The quantitative estimate of drug-likeness (QED) is 0.800. The maximum absolute atomic E-state index is 11.9. The van der Waals surface area contributed by atoms with E-state index in [2.05, 4.69) is 17.6 Å². The van der Waals surface area contributed by atoms with Gasteiger partial charge in [0, 0.05) is 12.6 Å². The molecular formula is C19H36N2O2. The van der Waals surface area contributed by atoms with Gasteiger partial charge in [0.15, 0.2) is 0 Å². The molecule has 0 saturated heterocycles. The lowest BCUT2D eigenvalue weighted by Crippen LogP contribution is -2.46. The summed E-state index contributed by atoms with van der Waals surface area (Å²) in [7, 11) is 0. The molecule has 4 heteroatoms. The molecule has 2 rings (SSSR count). The van der Waals surface area contributed by atoms with E-state index >= 15 is 0 Å². The van der Waals surface area contributed by atoms with Crippen LogP contribution < -0.4 is 10.6 Å². The van der Waals surface area contributed by atoms with Crippen LogP contribution >= 0.6 is 0 Å². The molecule has 2 aliphatic rings. The lowest BCUT2D eigenvalue weighted by molar-refractivity contribution is 0.0510. The number of nitrogens with one attached hydrogen (secondary N) is 2. The summed E-state index contributed by atoms with van der Waals surface area (Å²) in [5.74, 6) is 2.29. The van der Waals surface area contributed by atoms with E-state index < -0.39 is 5.60 Å². The molecule has 2 aliphatic carbocycles. The van der Waals surface area contributed by atoms with Crippen molar-refractivity contribution in [3.05, 3.63) is 0 Å². The SMILES string of the molecule is CC1CCC(CNC2CCCCC2CNC(=O)OC(C)(C)C)C1. The number of amides is 1. The summed E-state index contributed by atoms with van der Waals surface area (Å²) in [6.45, 7) is 9.96. The van der Waals surface area contributed by atoms with Gasteiger partial charge >= 0.3 is 6.09 Å². The first-order valence-electron chi connectivity index (χ1n) is 9.53. The Bertz CT molecular complexity index is 378. The molecule has 0 aromatic carbocycles. The van der Waals surface area contributed by atoms with Crippen molar-refractivity contribution in [3.63, 3.8) is 0 Å². The molecule has 0 spiro atoms. The molecule has 4 nitrogen and oxygen atoms in total. The lowest BCUT2D eigenvalue weighted by atomic mass is 9.84. The number of hydrogen-bond donors (Lipinski definition) is 2. The Balaban J connectivity index is 1.73. The zero-order valence-corrected chi connectivity index (χ0v) is 15.5. The average Bonchev–Trinajstić information content (AvgIpc) is 2.87. The topological polar surface area (TPSA) is 50.4 Å². The zero-order chi connectivity index (χ0) is 16.9. The van der Waals surface area contributed by atoms with Crippen LogP contribution in [0, 0.1) is 17.8 Å². The van der Waals surface area contributed by atoms with Crippen molar-refractivity contribution in [3.8, 4) is 0 Å². The monoisotopic (exact) mass is 324 g/mol. The fourth-order valence-electron chi connectivity index (χ4n) is 4.08. The number of carbonyl (C=O) groups excluding carboxylic acids is 1. The maximum Gasteiger partial charge on any atom is 0.407 e. The molecule has 2 saturated carbocycles. The molecule has 23 heavy (non-hydrogen) atoms. The summed E-state index contributed by atoms with van der Waals surface area (Å²) in [5, 5.41) is 6.79. The second-order valence-electron chi connectivity index (χ2n) is 8.73. The predicted octanol–water partition coefficient (Wildman–Crippen LogP) is 4.10. The molecule has 2 fully saturated rings. The summed E-state index contributed by atoms with van der Waals surface area (Å²) in [6, 6.07) is 0.551. The first kappa shape index (κ1) is 18.6. The highest BCUT2D eigenvalue weighted by Gasteiger charge is 2.28. The third kappa shape index (κ3) is 6.70. The van der Waals surface area contributed by atoms with Crippen LogP contribution in [0.2, 0.25) is 0 Å². The van der Waals surface area contributed by atoms with Crippen molar-refractivity contribution in [2.75, 3.05) is 13.1 Å². The van der Waals surface area contributed by atoms with Crippen molar-refractivity contribution in [2.45, 2.75) is 84.3 Å². The molecule has 1 amide bonds. The minimum absolute atomic E-state index is 0.286. The highest BCUT2D eigenvalue weighted by molar-refractivity contribution is 5.67. The zero-order valence-electron chi connectivity index (χ0n) is 15.5. The molecule has 2 N–H and O–H groups in total. The molecule has 4 unspecified atom stereocenters. The van der Waals surface area contributed by atoms with Gasteiger partial charge in [-0.1, -0.05) is 26.2 Å². The van der Waals surface area contributed by atoms with Crippen molar-refractivity contribution < 1.29 is 9.53 Å². The van der Waals surface area contributed by atoms with Crippen LogP contribution in [-0.2, 0) is 4.74 Å². The highest BCUT2D eigenvalue weighted by atomic mass is 16.6. The van der Waals surface area contributed by atoms with E-state index in [1.807, 2.05) is 20.8 Å². The third-order valence-electron chi connectivity index (χ3n) is 5.29. The first-order chi connectivity index (χ1) is 10.8. The number of alkyl carbamates (subject to hydrolysis) is 1. The van der Waals surface area contributed by atoms with Gasteiger partial charge in [-0.25, -0.2) is 4.79 Å². The Morgan fingerprint density at radius 1 is 1.09 bits per heavy atom. The molecule has 0 radical (unpaired) electrons. The molecule has 0 aromatic heterocycles. The smallest absolute Gasteiger partial charge is 0.407 e. The van der Waals surface area contributed by atoms with Crippen LogP contribution in [0.3, 0.4) is 0 Å². The Kier molecular flexibility index (Phi) is 6.75. The van der Waals surface area contributed by atoms with Crippen LogP contribution in [0.25, 0.3) is 0 Å². The van der Waals surface area contributed by atoms with E-state index in [-0.39, 0.29) is 6.09 Å². The Hall–Kier alpha value is -0.770. The molecule has 0 heterocycles. The van der Waals surface area contributed by atoms with Gasteiger partial charge in [0.2, 0.25) is 0 Å². The normalized spacial score (nSPS) is 31.8. The Morgan fingerprint density at radius 3 is 2.48 bits per heavy atom. The molecule has 4 atom stereocenters. The molecule has 134 valence electrons. The summed E-state index contributed by atoms with van der Waals surface area (Å²) in [5.41, 5.74) is -0.423. The van der Waals surface area contributed by atoms with Crippen LogP contribution in [-0.4, -0.2) is 30.8 Å². The lowest BCUT2D eigenvalue weighted by Gasteiger charge is -2.33. The van der Waals surface area contributed by atoms with Gasteiger partial charge in [0.05, 0.1) is 0 Å². The van der Waals surface area contributed by atoms with E-state index in [1.54, 1.807) is 0 Å². The van der Waals surface area contributed by atoms with E-state index in [0.717, 1.165) is 24.9 Å². The number of hydrogen-bond acceptors (Lipinski definition) is 3. The van der Waals surface area contributed by atoms with Crippen molar-refractivity contribution >= 4 is 6.09 Å². The summed E-state index contributed by atoms with van der Waals surface area (Å²) >= 11 is 0. The largest absolute Gasteiger partial charge is 0.444 e. The molecule has 0 aromatic rings.